The Hall–Kier alpha value is -1.37. The van der Waals surface area contributed by atoms with Crippen LogP contribution in [0.3, 0.4) is 0 Å². The zero-order valence-electron chi connectivity index (χ0n) is 13.7. The molecule has 0 radical (unpaired) electrons. The summed E-state index contributed by atoms with van der Waals surface area (Å²) in [5.74, 6) is 0.781. The van der Waals surface area contributed by atoms with Gasteiger partial charge in [0, 0.05) is 32.2 Å². The number of hydrogen-bond acceptors (Lipinski definition) is 5. The summed E-state index contributed by atoms with van der Waals surface area (Å²) in [6, 6.07) is 3.84. The molecule has 1 aromatic heterocycles. The van der Waals surface area contributed by atoms with Gasteiger partial charge in [0.05, 0.1) is 25.0 Å². The van der Waals surface area contributed by atoms with Crippen molar-refractivity contribution in [3.63, 3.8) is 0 Å². The highest BCUT2D eigenvalue weighted by atomic mass is 16.3. The lowest BCUT2D eigenvalue weighted by Gasteiger charge is -2.42. The Balaban J connectivity index is 1.80. The average molecular weight is 309 g/mol. The standard InChI is InChI=1S/C16H27N3O3/c1-12-10-19(7-6-18(12)11-13(2)20)14(3)16(21)17-9-15-5-4-8-22-15/h4-5,8,12-14,20H,6-7,9-11H2,1-3H3,(H,17,21)/t12-,13+,14+/m1/s1. The zero-order valence-corrected chi connectivity index (χ0v) is 13.7. The largest absolute Gasteiger partial charge is 0.467 e. The average Bonchev–Trinajstić information content (AvgIpc) is 2.99. The van der Waals surface area contributed by atoms with Crippen molar-refractivity contribution in [2.75, 3.05) is 26.2 Å². The van der Waals surface area contributed by atoms with Gasteiger partial charge >= 0.3 is 0 Å². The van der Waals surface area contributed by atoms with Crippen LogP contribution in [0.5, 0.6) is 0 Å². The number of piperazine rings is 1. The minimum absolute atomic E-state index is 0.0209. The molecule has 1 saturated heterocycles. The van der Waals surface area contributed by atoms with Gasteiger partial charge in [-0.25, -0.2) is 0 Å². The number of nitrogens with zero attached hydrogens (tertiary/aromatic N) is 2. The van der Waals surface area contributed by atoms with E-state index in [1.54, 1.807) is 6.26 Å². The Morgan fingerprint density at radius 2 is 2.27 bits per heavy atom. The van der Waals surface area contributed by atoms with E-state index in [2.05, 4.69) is 22.0 Å². The van der Waals surface area contributed by atoms with E-state index in [4.69, 9.17) is 4.42 Å². The van der Waals surface area contributed by atoms with Gasteiger partial charge in [-0.15, -0.1) is 0 Å². The van der Waals surface area contributed by atoms with E-state index in [-0.39, 0.29) is 18.1 Å². The van der Waals surface area contributed by atoms with Crippen LogP contribution in [0.25, 0.3) is 0 Å². The molecule has 2 N–H and O–H groups in total. The van der Waals surface area contributed by atoms with E-state index in [9.17, 15) is 9.90 Å². The zero-order chi connectivity index (χ0) is 16.1. The van der Waals surface area contributed by atoms with Gasteiger partial charge in [-0.1, -0.05) is 0 Å². The van der Waals surface area contributed by atoms with Crippen molar-refractivity contribution in [2.45, 2.75) is 45.5 Å². The smallest absolute Gasteiger partial charge is 0.237 e. The first kappa shape index (κ1) is 17.0. The van der Waals surface area contributed by atoms with E-state index < -0.39 is 0 Å². The van der Waals surface area contributed by atoms with Gasteiger partial charge in [-0.3, -0.25) is 14.6 Å². The molecular formula is C16H27N3O3. The maximum atomic E-state index is 12.3. The minimum atomic E-state index is -0.317. The van der Waals surface area contributed by atoms with E-state index in [1.165, 1.54) is 0 Å². The van der Waals surface area contributed by atoms with Crippen LogP contribution >= 0.6 is 0 Å². The van der Waals surface area contributed by atoms with Crippen molar-refractivity contribution in [1.29, 1.82) is 0 Å². The topological polar surface area (TPSA) is 69.0 Å². The Kier molecular flexibility index (Phi) is 5.99. The molecule has 124 valence electrons. The third-order valence-electron chi connectivity index (χ3n) is 4.24. The Bertz CT molecular complexity index is 461. The lowest BCUT2D eigenvalue weighted by molar-refractivity contribution is -0.127. The molecule has 3 atom stereocenters. The normalized spacial score (nSPS) is 23.2. The molecule has 0 saturated carbocycles. The number of carbonyl (C=O) groups is 1. The summed E-state index contributed by atoms with van der Waals surface area (Å²) >= 11 is 0. The summed E-state index contributed by atoms with van der Waals surface area (Å²) in [7, 11) is 0. The number of furan rings is 1. The van der Waals surface area contributed by atoms with Crippen LogP contribution in [0.2, 0.25) is 0 Å². The predicted octanol–water partition coefficient (Wildman–Crippen LogP) is 0.671. The van der Waals surface area contributed by atoms with E-state index in [0.29, 0.717) is 19.1 Å². The lowest BCUT2D eigenvalue weighted by Crippen LogP contribution is -2.58. The van der Waals surface area contributed by atoms with Crippen molar-refractivity contribution in [1.82, 2.24) is 15.1 Å². The van der Waals surface area contributed by atoms with Crippen molar-refractivity contribution in [2.24, 2.45) is 0 Å². The van der Waals surface area contributed by atoms with Crippen molar-refractivity contribution in [3.05, 3.63) is 24.2 Å². The fourth-order valence-corrected chi connectivity index (χ4v) is 2.89. The summed E-state index contributed by atoms with van der Waals surface area (Å²) < 4.78 is 5.22. The number of hydrogen-bond donors (Lipinski definition) is 2. The second-order valence-electron chi connectivity index (χ2n) is 6.16. The number of aliphatic hydroxyl groups excluding tert-OH is 1. The Morgan fingerprint density at radius 3 is 2.86 bits per heavy atom. The van der Waals surface area contributed by atoms with E-state index >= 15 is 0 Å². The van der Waals surface area contributed by atoms with Crippen molar-refractivity contribution >= 4 is 5.91 Å². The second kappa shape index (κ2) is 7.76. The Labute approximate surface area is 132 Å². The molecule has 0 aromatic carbocycles. The molecule has 6 nitrogen and oxygen atoms in total. The highest BCUT2D eigenvalue weighted by molar-refractivity contribution is 5.81. The molecule has 0 spiro atoms. The van der Waals surface area contributed by atoms with Crippen molar-refractivity contribution in [3.8, 4) is 0 Å². The van der Waals surface area contributed by atoms with Gasteiger partial charge in [0.2, 0.25) is 5.91 Å². The second-order valence-corrected chi connectivity index (χ2v) is 6.16. The number of β-amino-alcohol motifs (C(OH)–C–C–N with tert-alkyl or cyclic N) is 1. The molecule has 0 aliphatic carbocycles. The van der Waals surface area contributed by atoms with Gasteiger partial charge < -0.3 is 14.8 Å². The maximum absolute atomic E-state index is 12.3. The van der Waals surface area contributed by atoms with Crippen LogP contribution in [-0.2, 0) is 11.3 Å². The third-order valence-corrected chi connectivity index (χ3v) is 4.24. The van der Waals surface area contributed by atoms with Crippen LogP contribution in [-0.4, -0.2) is 65.2 Å². The van der Waals surface area contributed by atoms with Crippen LogP contribution in [0.4, 0.5) is 0 Å². The highest BCUT2D eigenvalue weighted by Crippen LogP contribution is 2.13. The number of rotatable bonds is 6. The first-order valence-corrected chi connectivity index (χ1v) is 7.93. The molecule has 2 heterocycles. The van der Waals surface area contributed by atoms with Gasteiger partial charge in [0.25, 0.3) is 0 Å². The number of carbonyl (C=O) groups excluding carboxylic acids is 1. The van der Waals surface area contributed by atoms with Crippen LogP contribution in [0.15, 0.2) is 22.8 Å². The molecule has 0 bridgehead atoms. The molecule has 1 aromatic rings. The van der Waals surface area contributed by atoms with Gasteiger partial charge in [-0.05, 0) is 32.9 Å². The summed E-state index contributed by atoms with van der Waals surface area (Å²) in [5, 5.41) is 12.4. The Morgan fingerprint density at radius 1 is 1.50 bits per heavy atom. The fourth-order valence-electron chi connectivity index (χ4n) is 2.89. The molecule has 22 heavy (non-hydrogen) atoms. The molecule has 1 amide bonds. The minimum Gasteiger partial charge on any atom is -0.467 e. The predicted molar refractivity (Wildman–Crippen MR) is 84.3 cm³/mol. The summed E-state index contributed by atoms with van der Waals surface area (Å²) in [6.07, 6.45) is 1.29. The number of amides is 1. The van der Waals surface area contributed by atoms with Crippen LogP contribution in [0.1, 0.15) is 26.5 Å². The molecular weight excluding hydrogens is 282 g/mol. The molecule has 1 aliphatic rings. The highest BCUT2D eigenvalue weighted by Gasteiger charge is 2.29. The first-order chi connectivity index (χ1) is 10.5. The molecule has 1 aliphatic heterocycles. The first-order valence-electron chi connectivity index (χ1n) is 7.93. The van der Waals surface area contributed by atoms with Crippen molar-refractivity contribution < 1.29 is 14.3 Å². The fraction of sp³-hybridized carbons (Fsp3) is 0.688. The van der Waals surface area contributed by atoms with Crippen LogP contribution < -0.4 is 5.32 Å². The quantitative estimate of drug-likeness (QED) is 0.808. The third kappa shape index (κ3) is 4.56. The molecule has 1 fully saturated rings. The molecule has 2 rings (SSSR count). The monoisotopic (exact) mass is 309 g/mol. The lowest BCUT2D eigenvalue weighted by atomic mass is 10.1. The van der Waals surface area contributed by atoms with E-state index in [1.807, 2.05) is 26.0 Å². The van der Waals surface area contributed by atoms with Gasteiger partial charge in [0.15, 0.2) is 0 Å². The maximum Gasteiger partial charge on any atom is 0.237 e. The summed E-state index contributed by atoms with van der Waals surface area (Å²) in [5.41, 5.74) is 0. The van der Waals surface area contributed by atoms with Gasteiger partial charge in [-0.2, -0.15) is 0 Å². The summed E-state index contributed by atoms with van der Waals surface area (Å²) in [4.78, 5) is 16.7. The van der Waals surface area contributed by atoms with Crippen LogP contribution in [0, 0.1) is 0 Å². The SMILES string of the molecule is C[C@H](O)CN1CCN([C@@H](C)C(=O)NCc2ccco2)C[C@H]1C. The molecule has 0 unspecified atom stereocenters. The number of nitrogens with one attached hydrogen (secondary N) is 1. The van der Waals surface area contributed by atoms with Gasteiger partial charge in [0.1, 0.15) is 5.76 Å². The number of aliphatic hydroxyl groups is 1. The molecule has 6 heteroatoms. The van der Waals surface area contributed by atoms with E-state index in [0.717, 1.165) is 25.4 Å². The summed E-state index contributed by atoms with van der Waals surface area (Å²) in [6.45, 7) is 9.55.